The molecule has 1 rings (SSSR count). The van der Waals surface area contributed by atoms with Crippen LogP contribution in [0.1, 0.15) is 12.8 Å². The van der Waals surface area contributed by atoms with Gasteiger partial charge in [-0.1, -0.05) is 12.2 Å². The molecule has 4 nitrogen and oxygen atoms in total. The third-order valence-electron chi connectivity index (χ3n) is 2.37. The predicted octanol–water partition coefficient (Wildman–Crippen LogP) is -0.530. The van der Waals surface area contributed by atoms with Crippen LogP contribution in [-0.2, 0) is 4.79 Å². The van der Waals surface area contributed by atoms with Gasteiger partial charge in [0.1, 0.15) is 0 Å². The maximum absolute atomic E-state index is 10.6. The predicted molar refractivity (Wildman–Crippen MR) is 55.1 cm³/mol. The van der Waals surface area contributed by atoms with Gasteiger partial charge in [-0.2, -0.15) is 0 Å². The summed E-state index contributed by atoms with van der Waals surface area (Å²) in [5, 5.41) is 0. The number of nitrogens with zero attached hydrogens (tertiary/aromatic N) is 1. The van der Waals surface area contributed by atoms with Crippen molar-refractivity contribution in [2.24, 2.45) is 17.4 Å². The van der Waals surface area contributed by atoms with Gasteiger partial charge in [-0.15, -0.1) is 0 Å². The first-order valence-electron chi connectivity index (χ1n) is 4.39. The molecule has 1 heterocycles. The third kappa shape index (κ3) is 3.28. The number of nitrogens with two attached hydrogens (primary N) is 2. The number of carbonyl (C=O) groups is 1. The summed E-state index contributed by atoms with van der Waals surface area (Å²) < 4.78 is 0. The Hall–Kier alpha value is -0.680. The van der Waals surface area contributed by atoms with E-state index in [1.54, 1.807) is 0 Å². The highest BCUT2D eigenvalue weighted by Gasteiger charge is 2.21. The molecular formula is C8H15N3OS. The van der Waals surface area contributed by atoms with Crippen molar-refractivity contribution in [3.63, 3.8) is 0 Å². The van der Waals surface area contributed by atoms with Crippen LogP contribution in [0.4, 0.5) is 0 Å². The summed E-state index contributed by atoms with van der Waals surface area (Å²) >= 11 is 4.91. The number of likely N-dealkylation sites (tertiary alicyclic amines) is 1. The Morgan fingerprint density at radius 3 is 2.31 bits per heavy atom. The number of hydrogen-bond acceptors (Lipinski definition) is 3. The molecule has 0 atom stereocenters. The van der Waals surface area contributed by atoms with Crippen molar-refractivity contribution < 1.29 is 4.79 Å². The molecule has 4 N–H and O–H groups in total. The molecule has 0 aliphatic carbocycles. The average molecular weight is 201 g/mol. The van der Waals surface area contributed by atoms with Crippen LogP contribution < -0.4 is 11.5 Å². The minimum absolute atomic E-state index is 0.270. The second kappa shape index (κ2) is 4.53. The molecule has 13 heavy (non-hydrogen) atoms. The lowest BCUT2D eigenvalue weighted by molar-refractivity contribution is -0.119. The van der Waals surface area contributed by atoms with Gasteiger partial charge in [0, 0.05) is 5.92 Å². The van der Waals surface area contributed by atoms with E-state index < -0.39 is 0 Å². The van der Waals surface area contributed by atoms with Gasteiger partial charge in [-0.25, -0.2) is 0 Å². The van der Waals surface area contributed by atoms with Gasteiger partial charge in [0.2, 0.25) is 5.91 Å². The number of primary amides is 1. The average Bonchev–Trinajstić information content (AvgIpc) is 2.04. The second-order valence-electron chi connectivity index (χ2n) is 3.42. The molecule has 0 unspecified atom stereocenters. The van der Waals surface area contributed by atoms with E-state index in [0.717, 1.165) is 25.9 Å². The van der Waals surface area contributed by atoms with Crippen molar-refractivity contribution in [2.45, 2.75) is 12.8 Å². The molecule has 5 heteroatoms. The second-order valence-corrected chi connectivity index (χ2v) is 3.89. The number of carbonyl (C=O) groups excluding carboxylic acids is 1. The van der Waals surface area contributed by atoms with Crippen molar-refractivity contribution >= 4 is 23.1 Å². The Labute approximate surface area is 83.2 Å². The summed E-state index contributed by atoms with van der Waals surface area (Å²) in [6.07, 6.45) is 1.89. The van der Waals surface area contributed by atoms with Crippen LogP contribution in [0, 0.1) is 5.92 Å². The van der Waals surface area contributed by atoms with Crippen molar-refractivity contribution in [2.75, 3.05) is 19.6 Å². The van der Waals surface area contributed by atoms with Crippen molar-refractivity contribution in [1.82, 2.24) is 4.90 Å². The number of amides is 1. The van der Waals surface area contributed by atoms with Gasteiger partial charge in [0.25, 0.3) is 0 Å². The number of thiocarbonyl (C=S) groups is 1. The molecule has 0 radical (unpaired) electrons. The third-order valence-corrected chi connectivity index (χ3v) is 2.70. The maximum Gasteiger partial charge on any atom is 0.231 e. The summed E-state index contributed by atoms with van der Waals surface area (Å²) in [6, 6.07) is 0. The normalized spacial score (nSPS) is 20.0. The molecule has 1 aliphatic rings. The molecule has 1 amide bonds. The van der Waals surface area contributed by atoms with Gasteiger partial charge in [0.15, 0.2) is 0 Å². The molecule has 0 aromatic carbocycles. The topological polar surface area (TPSA) is 72.4 Å². The van der Waals surface area contributed by atoms with Gasteiger partial charge < -0.3 is 11.5 Å². The van der Waals surface area contributed by atoms with Gasteiger partial charge in [0.05, 0.1) is 11.5 Å². The van der Waals surface area contributed by atoms with Crippen LogP contribution in [0.5, 0.6) is 0 Å². The Bertz CT molecular complexity index is 211. The zero-order valence-electron chi connectivity index (χ0n) is 7.53. The molecule has 74 valence electrons. The molecule has 0 spiro atoms. The smallest absolute Gasteiger partial charge is 0.231 e. The molecule has 0 saturated carbocycles. The van der Waals surface area contributed by atoms with E-state index >= 15 is 0 Å². The zero-order valence-corrected chi connectivity index (χ0v) is 8.35. The van der Waals surface area contributed by atoms with Crippen LogP contribution in [0.2, 0.25) is 0 Å². The Morgan fingerprint density at radius 1 is 1.38 bits per heavy atom. The van der Waals surface area contributed by atoms with Gasteiger partial charge in [-0.3, -0.25) is 9.69 Å². The highest BCUT2D eigenvalue weighted by molar-refractivity contribution is 7.80. The first kappa shape index (κ1) is 10.4. The molecule has 1 fully saturated rings. The highest BCUT2D eigenvalue weighted by atomic mass is 32.1. The lowest BCUT2D eigenvalue weighted by Crippen LogP contribution is -2.41. The Morgan fingerprint density at radius 2 is 1.92 bits per heavy atom. The minimum atomic E-state index is -0.270. The first-order chi connectivity index (χ1) is 6.09. The summed E-state index contributed by atoms with van der Waals surface area (Å²) in [4.78, 5) is 13.2. The van der Waals surface area contributed by atoms with Crippen LogP contribution in [0.15, 0.2) is 0 Å². The Kier molecular flexibility index (Phi) is 3.62. The quantitative estimate of drug-likeness (QED) is 0.602. The van der Waals surface area contributed by atoms with E-state index in [2.05, 4.69) is 0 Å². The van der Waals surface area contributed by atoms with Gasteiger partial charge in [-0.05, 0) is 25.9 Å². The first-order valence-corrected chi connectivity index (χ1v) is 4.80. The van der Waals surface area contributed by atoms with E-state index in [-0.39, 0.29) is 5.91 Å². The summed E-state index contributed by atoms with van der Waals surface area (Å²) in [6.45, 7) is 2.08. The Balaban J connectivity index is 2.30. The van der Waals surface area contributed by atoms with Crippen LogP contribution in [0.3, 0.4) is 0 Å². The highest BCUT2D eigenvalue weighted by Crippen LogP contribution is 2.16. The fourth-order valence-electron chi connectivity index (χ4n) is 1.60. The lowest BCUT2D eigenvalue weighted by Gasteiger charge is -2.30. The fraction of sp³-hybridized carbons (Fsp3) is 0.750. The van der Waals surface area contributed by atoms with Crippen LogP contribution in [-0.4, -0.2) is 35.4 Å². The van der Waals surface area contributed by atoms with E-state index in [0.29, 0.717) is 17.5 Å². The molecule has 1 saturated heterocycles. The zero-order chi connectivity index (χ0) is 9.84. The van der Waals surface area contributed by atoms with Crippen LogP contribution in [0.25, 0.3) is 0 Å². The summed E-state index contributed by atoms with van der Waals surface area (Å²) in [7, 11) is 0. The molecule has 0 aromatic heterocycles. The van der Waals surface area contributed by atoms with E-state index in [9.17, 15) is 4.79 Å². The standard InChI is InChI=1S/C8H15N3OS/c9-7(12)5-11-3-1-6(2-4-11)8(10)13/h6H,1-5H2,(H2,9,12)(H2,10,13). The largest absolute Gasteiger partial charge is 0.393 e. The number of hydrogen-bond donors (Lipinski definition) is 2. The van der Waals surface area contributed by atoms with Crippen molar-refractivity contribution in [3.8, 4) is 0 Å². The molecular weight excluding hydrogens is 186 g/mol. The number of rotatable bonds is 3. The summed E-state index contributed by atoms with van der Waals surface area (Å²) in [5.41, 5.74) is 10.6. The van der Waals surface area contributed by atoms with Crippen LogP contribution >= 0.6 is 12.2 Å². The monoisotopic (exact) mass is 201 g/mol. The molecule has 0 bridgehead atoms. The fourth-order valence-corrected chi connectivity index (χ4v) is 1.83. The maximum atomic E-state index is 10.6. The molecule has 1 aliphatic heterocycles. The van der Waals surface area contributed by atoms with Gasteiger partial charge >= 0.3 is 0 Å². The molecule has 0 aromatic rings. The van der Waals surface area contributed by atoms with Crippen molar-refractivity contribution in [1.29, 1.82) is 0 Å². The van der Waals surface area contributed by atoms with E-state index in [4.69, 9.17) is 23.7 Å². The minimum Gasteiger partial charge on any atom is -0.393 e. The lowest BCUT2D eigenvalue weighted by atomic mass is 9.97. The van der Waals surface area contributed by atoms with E-state index in [1.807, 2.05) is 4.90 Å². The summed E-state index contributed by atoms with van der Waals surface area (Å²) in [5.74, 6) is 0.0768. The number of piperidine rings is 1. The SMILES string of the molecule is NC(=O)CN1CCC(C(N)=S)CC1. The van der Waals surface area contributed by atoms with Crippen molar-refractivity contribution in [3.05, 3.63) is 0 Å². The van der Waals surface area contributed by atoms with E-state index in [1.165, 1.54) is 0 Å².